The molecule has 0 aromatic rings. The summed E-state index contributed by atoms with van der Waals surface area (Å²) in [4.78, 5) is 11.7. The van der Waals surface area contributed by atoms with E-state index in [4.69, 9.17) is 4.74 Å². The van der Waals surface area contributed by atoms with Gasteiger partial charge in [-0.1, -0.05) is 19.3 Å². The fraction of sp³-hybridized carbons (Fsp3) is 0.929. The first-order valence-electron chi connectivity index (χ1n) is 7.21. The maximum Gasteiger partial charge on any atom is 0.306 e. The molecule has 3 nitrogen and oxygen atoms in total. The summed E-state index contributed by atoms with van der Waals surface area (Å²) in [5.74, 6) is 1.16. The van der Waals surface area contributed by atoms with Crippen molar-refractivity contribution in [2.24, 2.45) is 11.8 Å². The number of rotatable bonds is 4. The Balaban J connectivity index is 1.59. The monoisotopic (exact) mass is 239 g/mol. The van der Waals surface area contributed by atoms with Crippen molar-refractivity contribution >= 4 is 5.97 Å². The summed E-state index contributed by atoms with van der Waals surface area (Å²) in [6.07, 6.45) is 9.46. The average Bonchev–Trinajstić information content (AvgIpc) is 2.39. The minimum Gasteiger partial charge on any atom is -0.465 e. The topological polar surface area (TPSA) is 38.3 Å². The van der Waals surface area contributed by atoms with Gasteiger partial charge in [0.05, 0.1) is 6.61 Å². The quantitative estimate of drug-likeness (QED) is 0.766. The summed E-state index contributed by atoms with van der Waals surface area (Å²) < 4.78 is 5.42. The van der Waals surface area contributed by atoms with Crippen LogP contribution < -0.4 is 5.32 Å². The van der Waals surface area contributed by atoms with E-state index in [-0.39, 0.29) is 5.97 Å². The van der Waals surface area contributed by atoms with Gasteiger partial charge < -0.3 is 10.1 Å². The number of carbonyl (C=O) groups excluding carboxylic acids is 1. The number of ether oxygens (including phenoxy) is 1. The Labute approximate surface area is 104 Å². The molecule has 2 aliphatic rings. The third kappa shape index (κ3) is 4.66. The van der Waals surface area contributed by atoms with Gasteiger partial charge in [0.1, 0.15) is 0 Å². The molecule has 1 atom stereocenters. The Kier molecular flexibility index (Phi) is 5.30. The van der Waals surface area contributed by atoms with Gasteiger partial charge in [0.25, 0.3) is 0 Å². The molecule has 1 aliphatic heterocycles. The van der Waals surface area contributed by atoms with Crippen LogP contribution >= 0.6 is 0 Å². The zero-order chi connectivity index (χ0) is 11.9. The van der Waals surface area contributed by atoms with Crippen LogP contribution in [-0.2, 0) is 9.53 Å². The smallest absolute Gasteiger partial charge is 0.306 e. The number of nitrogens with one attached hydrogen (secondary N) is 1. The van der Waals surface area contributed by atoms with Gasteiger partial charge in [-0.2, -0.15) is 0 Å². The second-order valence-corrected chi connectivity index (χ2v) is 5.60. The van der Waals surface area contributed by atoms with Crippen LogP contribution in [0.25, 0.3) is 0 Å². The predicted octanol–water partition coefficient (Wildman–Crippen LogP) is 2.50. The summed E-state index contributed by atoms with van der Waals surface area (Å²) >= 11 is 0. The molecule has 0 bridgehead atoms. The van der Waals surface area contributed by atoms with Crippen molar-refractivity contribution in [2.75, 3.05) is 19.7 Å². The molecule has 0 aromatic heterocycles. The highest BCUT2D eigenvalue weighted by Gasteiger charge is 2.19. The molecule has 1 saturated heterocycles. The van der Waals surface area contributed by atoms with Crippen molar-refractivity contribution < 1.29 is 9.53 Å². The molecule has 2 fully saturated rings. The minimum absolute atomic E-state index is 0.0178. The Hall–Kier alpha value is -0.570. The summed E-state index contributed by atoms with van der Waals surface area (Å²) in [5.41, 5.74) is 0. The summed E-state index contributed by atoms with van der Waals surface area (Å²) in [6, 6.07) is 0. The van der Waals surface area contributed by atoms with E-state index in [1.165, 1.54) is 44.9 Å². The van der Waals surface area contributed by atoms with Gasteiger partial charge in [0, 0.05) is 6.42 Å². The molecule has 0 spiro atoms. The highest BCUT2D eigenvalue weighted by Crippen LogP contribution is 2.24. The number of esters is 1. The number of hydrogen-bond acceptors (Lipinski definition) is 3. The van der Waals surface area contributed by atoms with E-state index in [9.17, 15) is 4.79 Å². The molecule has 1 unspecified atom stereocenters. The van der Waals surface area contributed by atoms with Crippen LogP contribution in [0.4, 0.5) is 0 Å². The molecular weight excluding hydrogens is 214 g/mol. The van der Waals surface area contributed by atoms with Gasteiger partial charge in [0.2, 0.25) is 0 Å². The summed E-state index contributed by atoms with van der Waals surface area (Å²) in [6.45, 7) is 2.76. The van der Waals surface area contributed by atoms with Gasteiger partial charge in [-0.15, -0.1) is 0 Å². The van der Waals surface area contributed by atoms with E-state index in [0.29, 0.717) is 24.9 Å². The molecule has 3 heteroatoms. The molecule has 17 heavy (non-hydrogen) atoms. The molecule has 0 amide bonds. The largest absolute Gasteiger partial charge is 0.465 e. The maximum absolute atomic E-state index is 11.7. The van der Waals surface area contributed by atoms with Gasteiger partial charge in [-0.25, -0.2) is 0 Å². The zero-order valence-corrected chi connectivity index (χ0v) is 10.7. The molecule has 2 rings (SSSR count). The van der Waals surface area contributed by atoms with Gasteiger partial charge in [-0.05, 0) is 50.6 Å². The molecule has 1 heterocycles. The van der Waals surface area contributed by atoms with Crippen LogP contribution in [0.3, 0.4) is 0 Å². The van der Waals surface area contributed by atoms with Crippen LogP contribution in [0.2, 0.25) is 0 Å². The second-order valence-electron chi connectivity index (χ2n) is 5.60. The molecule has 1 aliphatic carbocycles. The van der Waals surface area contributed by atoms with Crippen LogP contribution in [0.15, 0.2) is 0 Å². The standard InChI is InChI=1S/C14H25NO2/c16-14(9-13-7-4-8-15-10-13)17-11-12-5-2-1-3-6-12/h12-13,15H,1-11H2. The Morgan fingerprint density at radius 1 is 1.06 bits per heavy atom. The third-order valence-electron chi connectivity index (χ3n) is 4.06. The normalized spacial score (nSPS) is 26.7. The lowest BCUT2D eigenvalue weighted by Gasteiger charge is -2.23. The number of hydrogen-bond donors (Lipinski definition) is 1. The third-order valence-corrected chi connectivity index (χ3v) is 4.06. The van der Waals surface area contributed by atoms with Gasteiger partial charge >= 0.3 is 5.97 Å². The van der Waals surface area contributed by atoms with Crippen LogP contribution in [0.5, 0.6) is 0 Å². The first-order valence-corrected chi connectivity index (χ1v) is 7.21. The van der Waals surface area contributed by atoms with Crippen LogP contribution in [-0.4, -0.2) is 25.7 Å². The predicted molar refractivity (Wildman–Crippen MR) is 67.7 cm³/mol. The van der Waals surface area contributed by atoms with Crippen molar-refractivity contribution in [1.29, 1.82) is 0 Å². The lowest BCUT2D eigenvalue weighted by molar-refractivity contribution is -0.146. The SMILES string of the molecule is O=C(CC1CCCNC1)OCC1CCCCC1. The van der Waals surface area contributed by atoms with Crippen LogP contribution in [0.1, 0.15) is 51.4 Å². The number of piperidine rings is 1. The molecule has 1 N–H and O–H groups in total. The van der Waals surface area contributed by atoms with Crippen molar-refractivity contribution in [3.63, 3.8) is 0 Å². The summed E-state index contributed by atoms with van der Waals surface area (Å²) in [5, 5.41) is 3.34. The Morgan fingerprint density at radius 3 is 2.53 bits per heavy atom. The lowest BCUT2D eigenvalue weighted by atomic mass is 9.90. The fourth-order valence-electron chi connectivity index (χ4n) is 2.96. The van der Waals surface area contributed by atoms with Crippen LogP contribution in [0, 0.1) is 11.8 Å². The van der Waals surface area contributed by atoms with E-state index in [0.717, 1.165) is 13.1 Å². The second kappa shape index (κ2) is 7.00. The van der Waals surface area contributed by atoms with Gasteiger partial charge in [-0.3, -0.25) is 4.79 Å². The summed E-state index contributed by atoms with van der Waals surface area (Å²) in [7, 11) is 0. The first kappa shape index (κ1) is 12.9. The maximum atomic E-state index is 11.7. The van der Waals surface area contributed by atoms with Gasteiger partial charge in [0.15, 0.2) is 0 Å². The highest BCUT2D eigenvalue weighted by atomic mass is 16.5. The molecule has 0 radical (unpaired) electrons. The first-order chi connectivity index (χ1) is 8.34. The zero-order valence-electron chi connectivity index (χ0n) is 10.7. The van der Waals surface area contributed by atoms with E-state index in [1.54, 1.807) is 0 Å². The molecular formula is C14H25NO2. The minimum atomic E-state index is 0.0178. The van der Waals surface area contributed by atoms with E-state index >= 15 is 0 Å². The van der Waals surface area contributed by atoms with Crippen molar-refractivity contribution in [3.8, 4) is 0 Å². The van der Waals surface area contributed by atoms with E-state index in [1.807, 2.05) is 0 Å². The fourth-order valence-corrected chi connectivity index (χ4v) is 2.96. The average molecular weight is 239 g/mol. The Bertz CT molecular complexity index is 230. The van der Waals surface area contributed by atoms with Crippen molar-refractivity contribution in [2.45, 2.75) is 51.4 Å². The molecule has 98 valence electrons. The van der Waals surface area contributed by atoms with E-state index < -0.39 is 0 Å². The molecule has 1 saturated carbocycles. The van der Waals surface area contributed by atoms with Crippen molar-refractivity contribution in [3.05, 3.63) is 0 Å². The molecule has 0 aromatic carbocycles. The highest BCUT2D eigenvalue weighted by molar-refractivity contribution is 5.69. The number of carbonyl (C=O) groups is 1. The van der Waals surface area contributed by atoms with E-state index in [2.05, 4.69) is 5.32 Å². The van der Waals surface area contributed by atoms with Crippen molar-refractivity contribution in [1.82, 2.24) is 5.32 Å². The lowest BCUT2D eigenvalue weighted by Crippen LogP contribution is -2.31. The Morgan fingerprint density at radius 2 is 1.82 bits per heavy atom.